The number of amides is 3. The highest BCUT2D eigenvalue weighted by Crippen LogP contribution is 2.37. The Bertz CT molecular complexity index is 1140. The highest BCUT2D eigenvalue weighted by atomic mass is 32.1. The van der Waals surface area contributed by atoms with Crippen LogP contribution in [-0.2, 0) is 17.7 Å². The molecule has 31 heavy (non-hydrogen) atoms. The van der Waals surface area contributed by atoms with Gasteiger partial charge in [-0.25, -0.2) is 4.79 Å². The molecule has 0 unspecified atom stereocenters. The largest absolute Gasteiger partial charge is 0.450 e. The molecular formula is C21H20N4O5S. The van der Waals surface area contributed by atoms with Crippen molar-refractivity contribution < 1.29 is 23.6 Å². The van der Waals surface area contributed by atoms with Gasteiger partial charge in [0.25, 0.3) is 11.8 Å². The molecular weight excluding hydrogens is 420 g/mol. The molecule has 0 radical (unpaired) electrons. The van der Waals surface area contributed by atoms with Crippen molar-refractivity contribution in [2.24, 2.45) is 5.73 Å². The molecule has 9 nitrogen and oxygen atoms in total. The van der Waals surface area contributed by atoms with Crippen LogP contribution >= 0.6 is 11.3 Å². The topological polar surface area (TPSA) is 128 Å². The van der Waals surface area contributed by atoms with Crippen LogP contribution in [0.3, 0.4) is 0 Å². The first kappa shape index (κ1) is 20.6. The molecule has 0 saturated carbocycles. The molecule has 1 aromatic carbocycles. The van der Waals surface area contributed by atoms with Gasteiger partial charge in [-0.05, 0) is 18.9 Å². The zero-order chi connectivity index (χ0) is 22.0. The number of hydrogen-bond acceptors (Lipinski definition) is 7. The van der Waals surface area contributed by atoms with E-state index in [1.165, 1.54) is 17.4 Å². The molecule has 0 saturated heterocycles. The van der Waals surface area contributed by atoms with Gasteiger partial charge in [-0.1, -0.05) is 35.5 Å². The Balaban J connectivity index is 1.56. The van der Waals surface area contributed by atoms with Crippen molar-refractivity contribution in [2.75, 3.05) is 18.5 Å². The predicted molar refractivity (Wildman–Crippen MR) is 114 cm³/mol. The van der Waals surface area contributed by atoms with E-state index in [9.17, 15) is 14.4 Å². The van der Waals surface area contributed by atoms with Crippen molar-refractivity contribution in [3.05, 3.63) is 58.1 Å². The third kappa shape index (κ3) is 4.15. The number of nitrogens with two attached hydrogens (primary N) is 1. The van der Waals surface area contributed by atoms with Crippen molar-refractivity contribution in [2.45, 2.75) is 19.9 Å². The number of thiophene rings is 1. The van der Waals surface area contributed by atoms with Crippen LogP contribution in [0.15, 0.2) is 40.9 Å². The quantitative estimate of drug-likeness (QED) is 0.627. The maximum Gasteiger partial charge on any atom is 0.410 e. The van der Waals surface area contributed by atoms with Gasteiger partial charge in [0.1, 0.15) is 5.00 Å². The summed E-state index contributed by atoms with van der Waals surface area (Å²) >= 11 is 1.22. The molecule has 0 bridgehead atoms. The van der Waals surface area contributed by atoms with Gasteiger partial charge in [0, 0.05) is 23.1 Å². The van der Waals surface area contributed by atoms with Crippen LogP contribution in [0.5, 0.6) is 0 Å². The molecule has 3 aromatic rings. The van der Waals surface area contributed by atoms with Gasteiger partial charge < -0.3 is 25.2 Å². The van der Waals surface area contributed by atoms with Gasteiger partial charge in [0.2, 0.25) is 0 Å². The van der Waals surface area contributed by atoms with E-state index in [-0.39, 0.29) is 24.4 Å². The van der Waals surface area contributed by atoms with E-state index in [1.54, 1.807) is 11.8 Å². The number of anilines is 1. The molecule has 0 spiro atoms. The van der Waals surface area contributed by atoms with Crippen LogP contribution in [0.25, 0.3) is 11.3 Å². The molecule has 0 fully saturated rings. The van der Waals surface area contributed by atoms with E-state index < -0.39 is 17.9 Å². The minimum Gasteiger partial charge on any atom is -0.450 e. The maximum atomic E-state index is 12.7. The monoisotopic (exact) mass is 440 g/mol. The lowest BCUT2D eigenvalue weighted by atomic mass is 10.0. The number of primary amides is 1. The fraction of sp³-hybridized carbons (Fsp3) is 0.238. The summed E-state index contributed by atoms with van der Waals surface area (Å²) in [5.74, 6) is -0.701. The van der Waals surface area contributed by atoms with Crippen LogP contribution in [0.4, 0.5) is 9.80 Å². The molecule has 3 amide bonds. The summed E-state index contributed by atoms with van der Waals surface area (Å²) in [7, 11) is 0. The second kappa shape index (κ2) is 8.60. The lowest BCUT2D eigenvalue weighted by Crippen LogP contribution is -2.36. The number of aromatic nitrogens is 1. The fourth-order valence-electron chi connectivity index (χ4n) is 3.41. The Morgan fingerprint density at radius 1 is 1.29 bits per heavy atom. The average molecular weight is 440 g/mol. The number of nitrogens with zero attached hydrogens (tertiary/aromatic N) is 2. The Hall–Kier alpha value is -3.66. The zero-order valence-corrected chi connectivity index (χ0v) is 17.5. The van der Waals surface area contributed by atoms with Crippen LogP contribution in [-0.4, -0.2) is 41.1 Å². The molecule has 0 atom stereocenters. The van der Waals surface area contributed by atoms with Crippen molar-refractivity contribution in [1.82, 2.24) is 10.1 Å². The second-order valence-electron chi connectivity index (χ2n) is 6.84. The molecule has 1 aliphatic heterocycles. The number of benzene rings is 1. The number of nitrogens with one attached hydrogen (secondary N) is 1. The van der Waals surface area contributed by atoms with Crippen LogP contribution < -0.4 is 11.1 Å². The van der Waals surface area contributed by atoms with Crippen LogP contribution in [0.2, 0.25) is 0 Å². The number of ether oxygens (including phenoxy) is 1. The van der Waals surface area contributed by atoms with Crippen molar-refractivity contribution in [3.8, 4) is 11.3 Å². The predicted octanol–water partition coefficient (Wildman–Crippen LogP) is 3.27. The molecule has 3 N–H and O–H groups in total. The van der Waals surface area contributed by atoms with E-state index in [0.29, 0.717) is 23.7 Å². The lowest BCUT2D eigenvalue weighted by Gasteiger charge is -2.26. The minimum absolute atomic E-state index is 0.0776. The van der Waals surface area contributed by atoms with E-state index in [2.05, 4.69) is 10.5 Å². The summed E-state index contributed by atoms with van der Waals surface area (Å²) in [6, 6.07) is 10.8. The van der Waals surface area contributed by atoms with Crippen molar-refractivity contribution in [3.63, 3.8) is 0 Å². The third-order valence-corrected chi connectivity index (χ3v) is 5.99. The van der Waals surface area contributed by atoms with Gasteiger partial charge >= 0.3 is 6.09 Å². The Morgan fingerprint density at radius 2 is 2.06 bits per heavy atom. The third-order valence-electron chi connectivity index (χ3n) is 4.86. The van der Waals surface area contributed by atoms with Crippen LogP contribution in [0, 0.1) is 0 Å². The first-order valence-electron chi connectivity index (χ1n) is 9.67. The number of carbonyl (C=O) groups is 3. The molecule has 4 rings (SSSR count). The maximum absolute atomic E-state index is 12.7. The standard InChI is InChI=1S/C21H20N4O5S/c1-2-29-21(28)25-9-8-13-16(11-25)31-20(17(13)18(22)26)23-19(27)14-10-15(30-24-14)12-6-4-3-5-7-12/h3-7,10H,2,8-9,11H2,1H3,(H2,22,26)(H,23,27). The van der Waals surface area contributed by atoms with Gasteiger partial charge in [-0.3, -0.25) is 9.59 Å². The van der Waals surface area contributed by atoms with Crippen LogP contribution in [0.1, 0.15) is 38.2 Å². The normalized spacial score (nSPS) is 12.9. The number of rotatable bonds is 5. The molecule has 2 aromatic heterocycles. The second-order valence-corrected chi connectivity index (χ2v) is 7.94. The molecule has 1 aliphatic rings. The summed E-state index contributed by atoms with van der Waals surface area (Å²) in [6.45, 7) is 2.71. The molecule has 160 valence electrons. The van der Waals surface area contributed by atoms with Gasteiger partial charge in [0.15, 0.2) is 11.5 Å². The van der Waals surface area contributed by atoms with E-state index in [0.717, 1.165) is 16.0 Å². The first-order chi connectivity index (χ1) is 15.0. The molecule has 3 heterocycles. The van der Waals surface area contributed by atoms with Gasteiger partial charge in [-0.2, -0.15) is 0 Å². The zero-order valence-electron chi connectivity index (χ0n) is 16.7. The number of carbonyl (C=O) groups excluding carboxylic acids is 3. The van der Waals surface area contributed by atoms with E-state index >= 15 is 0 Å². The molecule has 0 aliphatic carbocycles. The smallest absolute Gasteiger partial charge is 0.410 e. The SMILES string of the molecule is CCOC(=O)N1CCc2c(sc(NC(=O)c3cc(-c4ccccc4)on3)c2C(N)=O)C1. The fourth-order valence-corrected chi connectivity index (χ4v) is 4.67. The van der Waals surface area contributed by atoms with Gasteiger partial charge in [0.05, 0.1) is 18.7 Å². The summed E-state index contributed by atoms with van der Waals surface area (Å²) in [6.07, 6.45) is 0.0322. The molecule has 10 heteroatoms. The summed E-state index contributed by atoms with van der Waals surface area (Å²) < 4.78 is 10.3. The van der Waals surface area contributed by atoms with E-state index in [4.69, 9.17) is 15.0 Å². The highest BCUT2D eigenvalue weighted by molar-refractivity contribution is 7.17. The van der Waals surface area contributed by atoms with Crippen molar-refractivity contribution >= 4 is 34.2 Å². The summed E-state index contributed by atoms with van der Waals surface area (Å²) in [4.78, 5) is 39.2. The summed E-state index contributed by atoms with van der Waals surface area (Å²) in [5.41, 5.74) is 7.48. The number of fused-ring (bicyclic) bond motifs is 1. The lowest BCUT2D eigenvalue weighted by molar-refractivity contribution is 0.0997. The van der Waals surface area contributed by atoms with Crippen molar-refractivity contribution in [1.29, 1.82) is 0 Å². The van der Waals surface area contributed by atoms with Gasteiger partial charge in [-0.15, -0.1) is 11.3 Å². The average Bonchev–Trinajstić information content (AvgIpc) is 3.39. The highest BCUT2D eigenvalue weighted by Gasteiger charge is 2.30. The Kier molecular flexibility index (Phi) is 5.72. The Morgan fingerprint density at radius 3 is 2.77 bits per heavy atom. The minimum atomic E-state index is -0.637. The summed E-state index contributed by atoms with van der Waals surface area (Å²) in [5, 5.41) is 6.88. The first-order valence-corrected chi connectivity index (χ1v) is 10.5. The number of hydrogen-bond donors (Lipinski definition) is 2. The Labute approximate surface area is 181 Å². The van der Waals surface area contributed by atoms with E-state index in [1.807, 2.05) is 30.3 Å².